The minimum atomic E-state index is -0.881. The van der Waals surface area contributed by atoms with Crippen LogP contribution in [0.1, 0.15) is 66.2 Å². The zero-order valence-corrected chi connectivity index (χ0v) is 16.8. The summed E-state index contributed by atoms with van der Waals surface area (Å²) in [7, 11) is 1.55. The Hall–Kier alpha value is -1.39. The molecule has 0 radical (unpaired) electrons. The maximum atomic E-state index is 12.4. The molecular weight excluding hydrogens is 328 g/mol. The molecule has 2 aliphatic carbocycles. The van der Waals surface area contributed by atoms with Crippen molar-refractivity contribution in [1.82, 2.24) is 0 Å². The fraction of sp³-hybridized carbons (Fsp3) is 0.682. The van der Waals surface area contributed by atoms with Crippen LogP contribution in [0, 0.1) is 11.8 Å². The predicted octanol–water partition coefficient (Wildman–Crippen LogP) is 4.65. The Labute approximate surface area is 157 Å². The van der Waals surface area contributed by atoms with Gasteiger partial charge in [-0.25, -0.2) is 0 Å². The molecule has 0 aromatic carbocycles. The second kappa shape index (κ2) is 8.53. The van der Waals surface area contributed by atoms with E-state index < -0.39 is 11.7 Å². The van der Waals surface area contributed by atoms with E-state index in [2.05, 4.69) is 32.9 Å². The first-order valence-corrected chi connectivity index (χ1v) is 9.71. The van der Waals surface area contributed by atoms with E-state index in [0.717, 1.165) is 12.8 Å². The van der Waals surface area contributed by atoms with Crippen LogP contribution in [0.3, 0.4) is 0 Å². The van der Waals surface area contributed by atoms with Gasteiger partial charge in [0.15, 0.2) is 5.78 Å². The summed E-state index contributed by atoms with van der Waals surface area (Å²) in [5, 5.41) is 21.4. The van der Waals surface area contributed by atoms with Gasteiger partial charge in [-0.3, -0.25) is 4.79 Å². The van der Waals surface area contributed by atoms with Crippen LogP contribution >= 0.6 is 0 Å². The number of rotatable bonds is 7. The number of methoxy groups -OCH3 is 1. The van der Waals surface area contributed by atoms with Gasteiger partial charge in [0, 0.05) is 25.0 Å². The number of hydrogen-bond acceptors (Lipinski definition) is 4. The first kappa shape index (κ1) is 20.9. The maximum absolute atomic E-state index is 12.4. The summed E-state index contributed by atoms with van der Waals surface area (Å²) in [5.74, 6) is 0.239. The van der Waals surface area contributed by atoms with Crippen LogP contribution in [-0.4, -0.2) is 34.8 Å². The van der Waals surface area contributed by atoms with Crippen molar-refractivity contribution in [1.29, 1.82) is 0 Å². The Balaban J connectivity index is 2.20. The quantitative estimate of drug-likeness (QED) is 0.647. The predicted molar refractivity (Wildman–Crippen MR) is 104 cm³/mol. The van der Waals surface area contributed by atoms with Crippen molar-refractivity contribution < 1.29 is 19.7 Å². The summed E-state index contributed by atoms with van der Waals surface area (Å²) in [5.41, 5.74) is 2.09. The molecule has 2 N–H and O–H groups in total. The van der Waals surface area contributed by atoms with E-state index in [1.54, 1.807) is 7.11 Å². The lowest BCUT2D eigenvalue weighted by molar-refractivity contribution is -0.118. The molecule has 146 valence electrons. The maximum Gasteiger partial charge on any atom is 0.162 e. The largest absolute Gasteiger partial charge is 0.509 e. The molecule has 0 amide bonds. The van der Waals surface area contributed by atoms with Gasteiger partial charge in [0.25, 0.3) is 0 Å². The Morgan fingerprint density at radius 2 is 2.15 bits per heavy atom. The average Bonchev–Trinajstić information content (AvgIpc) is 2.86. The summed E-state index contributed by atoms with van der Waals surface area (Å²) < 4.78 is 5.30. The molecule has 0 heterocycles. The zero-order chi connectivity index (χ0) is 19.5. The van der Waals surface area contributed by atoms with Crippen LogP contribution in [0.4, 0.5) is 0 Å². The highest BCUT2D eigenvalue weighted by molar-refractivity contribution is 5.97. The van der Waals surface area contributed by atoms with Crippen molar-refractivity contribution in [3.63, 3.8) is 0 Å². The minimum absolute atomic E-state index is 0.0185. The molecule has 0 spiro atoms. The molecule has 0 saturated heterocycles. The molecule has 0 aromatic heterocycles. The number of aliphatic hydroxyl groups is 2. The lowest BCUT2D eigenvalue weighted by atomic mass is 9.76. The van der Waals surface area contributed by atoms with E-state index in [9.17, 15) is 15.0 Å². The molecule has 0 aromatic rings. The van der Waals surface area contributed by atoms with Crippen molar-refractivity contribution in [2.24, 2.45) is 11.8 Å². The van der Waals surface area contributed by atoms with E-state index in [1.807, 2.05) is 6.92 Å². The van der Waals surface area contributed by atoms with Crippen molar-refractivity contribution in [3.8, 4) is 0 Å². The molecule has 0 fully saturated rings. The third-order valence-corrected chi connectivity index (χ3v) is 5.90. The lowest BCUT2D eigenvalue weighted by Crippen LogP contribution is -2.35. The minimum Gasteiger partial charge on any atom is -0.509 e. The highest BCUT2D eigenvalue weighted by atomic mass is 16.5. The summed E-state index contributed by atoms with van der Waals surface area (Å²) in [6.45, 7) is 8.23. The highest BCUT2D eigenvalue weighted by Crippen LogP contribution is 2.45. The van der Waals surface area contributed by atoms with E-state index in [0.29, 0.717) is 37.2 Å². The Bertz CT molecular complexity index is 620. The Morgan fingerprint density at radius 3 is 2.77 bits per heavy atom. The molecule has 0 saturated carbocycles. The number of ketones is 1. The van der Waals surface area contributed by atoms with Crippen LogP contribution in [0.25, 0.3) is 0 Å². The third-order valence-electron chi connectivity index (χ3n) is 5.90. The van der Waals surface area contributed by atoms with Crippen LogP contribution < -0.4 is 0 Å². The van der Waals surface area contributed by atoms with Crippen LogP contribution in [0.15, 0.2) is 34.6 Å². The van der Waals surface area contributed by atoms with Crippen LogP contribution in [0.2, 0.25) is 0 Å². The normalized spacial score (nSPS) is 30.4. The Kier molecular flexibility index (Phi) is 6.86. The first-order chi connectivity index (χ1) is 12.2. The second-order valence-corrected chi connectivity index (χ2v) is 8.33. The third kappa shape index (κ3) is 4.66. The molecule has 2 aliphatic rings. The molecule has 4 nitrogen and oxygen atoms in total. The van der Waals surface area contributed by atoms with Crippen molar-refractivity contribution in [2.75, 3.05) is 7.11 Å². The number of aliphatic hydroxyl groups excluding tert-OH is 1. The fourth-order valence-corrected chi connectivity index (χ4v) is 4.18. The summed E-state index contributed by atoms with van der Waals surface area (Å²) in [4.78, 5) is 12.4. The molecular formula is C22H34O4. The molecule has 2 rings (SSSR count). The smallest absolute Gasteiger partial charge is 0.162 e. The molecule has 4 heteroatoms. The van der Waals surface area contributed by atoms with Gasteiger partial charge in [-0.2, -0.15) is 0 Å². The fourth-order valence-electron chi connectivity index (χ4n) is 4.18. The van der Waals surface area contributed by atoms with Gasteiger partial charge in [-0.15, -0.1) is 0 Å². The Morgan fingerprint density at radius 1 is 1.46 bits per heavy atom. The summed E-state index contributed by atoms with van der Waals surface area (Å²) in [6, 6.07) is 0. The van der Waals surface area contributed by atoms with Gasteiger partial charge in [0.2, 0.25) is 0 Å². The van der Waals surface area contributed by atoms with Crippen molar-refractivity contribution in [3.05, 3.63) is 34.6 Å². The van der Waals surface area contributed by atoms with Crippen molar-refractivity contribution >= 4 is 5.78 Å². The lowest BCUT2D eigenvalue weighted by Gasteiger charge is -2.33. The number of allylic oxidation sites excluding steroid dienone is 3. The standard InChI is InChI=1S/C22H34O4/c1-14(2)7-6-8-15(3)16-11-12-22(4,25)18(16)13-17-19(23)9-10-20(26-5)21(17)24/h7,11,15,18,20,24-25H,6,8-10,12-13H2,1-5H3/t15-,18-,20-,22+/m1/s1. The number of Topliss-reactive ketones (excluding diaryl/α,β-unsaturated/α-hetero) is 1. The molecule has 0 bridgehead atoms. The monoisotopic (exact) mass is 362 g/mol. The summed E-state index contributed by atoms with van der Waals surface area (Å²) in [6.07, 6.45) is 7.88. The molecule has 0 unspecified atom stereocenters. The van der Waals surface area contributed by atoms with Gasteiger partial charge >= 0.3 is 0 Å². The number of carbonyl (C=O) groups is 1. The van der Waals surface area contributed by atoms with Gasteiger partial charge in [-0.05, 0) is 58.8 Å². The number of carbonyl (C=O) groups excluding carboxylic acids is 1. The SMILES string of the molecule is CO[C@@H]1CCC(=O)C(C[C@@H]2C([C@H](C)CCC=C(C)C)=CC[C@]2(C)O)=C1O. The topological polar surface area (TPSA) is 66.8 Å². The van der Waals surface area contributed by atoms with Gasteiger partial charge in [0.05, 0.1) is 5.60 Å². The second-order valence-electron chi connectivity index (χ2n) is 8.33. The molecule has 0 aliphatic heterocycles. The van der Waals surface area contributed by atoms with E-state index in [1.165, 1.54) is 11.1 Å². The van der Waals surface area contributed by atoms with E-state index >= 15 is 0 Å². The van der Waals surface area contributed by atoms with Crippen LogP contribution in [-0.2, 0) is 9.53 Å². The van der Waals surface area contributed by atoms with E-state index in [4.69, 9.17) is 4.74 Å². The highest BCUT2D eigenvalue weighted by Gasteiger charge is 2.42. The number of hydrogen-bond donors (Lipinski definition) is 2. The average molecular weight is 363 g/mol. The molecule has 26 heavy (non-hydrogen) atoms. The van der Waals surface area contributed by atoms with Gasteiger partial charge < -0.3 is 14.9 Å². The van der Waals surface area contributed by atoms with E-state index in [-0.39, 0.29) is 17.5 Å². The number of ether oxygens (including phenoxy) is 1. The van der Waals surface area contributed by atoms with Crippen LogP contribution in [0.5, 0.6) is 0 Å². The van der Waals surface area contributed by atoms with Crippen molar-refractivity contribution in [2.45, 2.75) is 77.9 Å². The van der Waals surface area contributed by atoms with Gasteiger partial charge in [0.1, 0.15) is 11.9 Å². The zero-order valence-electron chi connectivity index (χ0n) is 16.8. The summed E-state index contributed by atoms with van der Waals surface area (Å²) >= 11 is 0. The van der Waals surface area contributed by atoms with Gasteiger partial charge in [-0.1, -0.05) is 30.2 Å². The molecule has 4 atom stereocenters. The first-order valence-electron chi connectivity index (χ1n) is 9.71.